The van der Waals surface area contributed by atoms with Crippen molar-refractivity contribution in [2.24, 2.45) is 5.92 Å². The van der Waals surface area contributed by atoms with Gasteiger partial charge in [0.2, 0.25) is 0 Å². The van der Waals surface area contributed by atoms with Crippen LogP contribution in [0.15, 0.2) is 24.3 Å². The molecule has 1 rings (SSSR count). The molecule has 0 bridgehead atoms. The monoisotopic (exact) mass is 108 g/mol. The highest BCUT2D eigenvalue weighted by Gasteiger charge is 2.02. The first-order valence-corrected chi connectivity index (χ1v) is 3.27. The molecule has 0 radical (unpaired) electrons. The summed E-state index contributed by atoms with van der Waals surface area (Å²) in [6.45, 7) is 2.17. The summed E-state index contributed by atoms with van der Waals surface area (Å²) in [5, 5.41) is 0. The number of allylic oxidation sites excluding steroid dienone is 4. The van der Waals surface area contributed by atoms with Gasteiger partial charge in [0.05, 0.1) is 0 Å². The van der Waals surface area contributed by atoms with E-state index in [9.17, 15) is 0 Å². The zero-order valence-corrected chi connectivity index (χ0v) is 5.30. The molecule has 0 aliphatic heterocycles. The SMILES string of the molecule is CCC=CC1C=CC1. The molecule has 0 saturated heterocycles. The van der Waals surface area contributed by atoms with E-state index in [-0.39, 0.29) is 0 Å². The molecule has 1 aliphatic carbocycles. The predicted octanol–water partition coefficient (Wildman–Crippen LogP) is 2.53. The molecule has 1 aliphatic rings. The third-order valence-corrected chi connectivity index (χ3v) is 1.41. The van der Waals surface area contributed by atoms with Crippen LogP contribution >= 0.6 is 0 Å². The Labute approximate surface area is 50.9 Å². The number of hydrogen-bond donors (Lipinski definition) is 0. The second kappa shape index (κ2) is 2.71. The second-order valence-corrected chi connectivity index (χ2v) is 2.16. The van der Waals surface area contributed by atoms with E-state index in [1.807, 2.05) is 0 Å². The van der Waals surface area contributed by atoms with Gasteiger partial charge in [0.1, 0.15) is 0 Å². The average molecular weight is 108 g/mol. The van der Waals surface area contributed by atoms with Gasteiger partial charge in [-0.1, -0.05) is 31.2 Å². The number of rotatable bonds is 2. The summed E-state index contributed by atoms with van der Waals surface area (Å²) >= 11 is 0. The fourth-order valence-corrected chi connectivity index (χ4v) is 0.747. The first-order chi connectivity index (χ1) is 3.93. The van der Waals surface area contributed by atoms with E-state index in [2.05, 4.69) is 31.2 Å². The molecule has 1 unspecified atom stereocenters. The van der Waals surface area contributed by atoms with Crippen molar-refractivity contribution in [2.45, 2.75) is 19.8 Å². The molecule has 0 amide bonds. The van der Waals surface area contributed by atoms with Crippen molar-refractivity contribution in [3.8, 4) is 0 Å². The lowest BCUT2D eigenvalue weighted by atomic mass is 9.95. The van der Waals surface area contributed by atoms with E-state index in [1.165, 1.54) is 12.8 Å². The van der Waals surface area contributed by atoms with Crippen LogP contribution in [-0.4, -0.2) is 0 Å². The number of hydrogen-bond acceptors (Lipinski definition) is 0. The van der Waals surface area contributed by atoms with Gasteiger partial charge in [0.15, 0.2) is 0 Å². The highest BCUT2D eigenvalue weighted by atomic mass is 14.1. The minimum Gasteiger partial charge on any atom is -0.0882 e. The lowest BCUT2D eigenvalue weighted by Gasteiger charge is -2.11. The minimum atomic E-state index is 0.773. The van der Waals surface area contributed by atoms with Crippen LogP contribution in [0, 0.1) is 5.92 Å². The maximum Gasteiger partial charge on any atom is -0.00190 e. The molecule has 0 N–H and O–H groups in total. The fourth-order valence-electron chi connectivity index (χ4n) is 0.747. The van der Waals surface area contributed by atoms with Crippen molar-refractivity contribution in [2.75, 3.05) is 0 Å². The Bertz CT molecular complexity index is 109. The van der Waals surface area contributed by atoms with Crippen LogP contribution in [-0.2, 0) is 0 Å². The summed E-state index contributed by atoms with van der Waals surface area (Å²) in [5.41, 5.74) is 0. The highest BCUT2D eigenvalue weighted by molar-refractivity contribution is 5.10. The summed E-state index contributed by atoms with van der Waals surface area (Å²) in [4.78, 5) is 0. The van der Waals surface area contributed by atoms with Crippen LogP contribution in [0.25, 0.3) is 0 Å². The molecule has 1 atom stereocenters. The Hall–Kier alpha value is -0.520. The third kappa shape index (κ3) is 1.22. The van der Waals surface area contributed by atoms with Crippen molar-refractivity contribution in [1.29, 1.82) is 0 Å². The Kier molecular flexibility index (Phi) is 1.90. The van der Waals surface area contributed by atoms with Gasteiger partial charge in [-0.3, -0.25) is 0 Å². The van der Waals surface area contributed by atoms with Crippen LogP contribution < -0.4 is 0 Å². The summed E-state index contributed by atoms with van der Waals surface area (Å²) in [6.07, 6.45) is 11.4. The van der Waals surface area contributed by atoms with Crippen LogP contribution in [0.3, 0.4) is 0 Å². The highest BCUT2D eigenvalue weighted by Crippen LogP contribution is 2.17. The molecular weight excluding hydrogens is 96.1 g/mol. The molecule has 0 fully saturated rings. The smallest absolute Gasteiger partial charge is 0.00190 e. The summed E-state index contributed by atoms with van der Waals surface area (Å²) in [5.74, 6) is 0.773. The van der Waals surface area contributed by atoms with Gasteiger partial charge in [-0.05, 0) is 18.8 Å². The molecule has 0 aromatic heterocycles. The molecule has 0 heteroatoms. The predicted molar refractivity (Wildman–Crippen MR) is 36.7 cm³/mol. The van der Waals surface area contributed by atoms with Gasteiger partial charge in [0, 0.05) is 0 Å². The summed E-state index contributed by atoms with van der Waals surface area (Å²) in [7, 11) is 0. The van der Waals surface area contributed by atoms with E-state index in [0.717, 1.165) is 5.92 Å². The molecule has 0 saturated carbocycles. The van der Waals surface area contributed by atoms with Crippen LogP contribution in [0.4, 0.5) is 0 Å². The molecule has 44 valence electrons. The Morgan fingerprint density at radius 2 is 2.50 bits per heavy atom. The van der Waals surface area contributed by atoms with Gasteiger partial charge in [0.25, 0.3) is 0 Å². The van der Waals surface area contributed by atoms with Crippen molar-refractivity contribution >= 4 is 0 Å². The van der Waals surface area contributed by atoms with Crippen LogP contribution in [0.5, 0.6) is 0 Å². The van der Waals surface area contributed by atoms with Gasteiger partial charge in [-0.25, -0.2) is 0 Å². The first kappa shape index (κ1) is 5.61. The Morgan fingerprint density at radius 1 is 1.75 bits per heavy atom. The Morgan fingerprint density at radius 3 is 2.88 bits per heavy atom. The van der Waals surface area contributed by atoms with Gasteiger partial charge in [-0.2, -0.15) is 0 Å². The largest absolute Gasteiger partial charge is 0.0882 e. The maximum absolute atomic E-state index is 2.28. The van der Waals surface area contributed by atoms with Gasteiger partial charge in [-0.15, -0.1) is 0 Å². The third-order valence-electron chi connectivity index (χ3n) is 1.41. The zero-order valence-electron chi connectivity index (χ0n) is 5.30. The van der Waals surface area contributed by atoms with Crippen LogP contribution in [0.1, 0.15) is 19.8 Å². The van der Waals surface area contributed by atoms with E-state index >= 15 is 0 Å². The maximum atomic E-state index is 2.28. The summed E-state index contributed by atoms with van der Waals surface area (Å²) in [6, 6.07) is 0. The molecule has 0 spiro atoms. The standard InChI is InChI=1S/C8H12/c1-2-3-5-8-6-4-7-8/h3-6,8H,2,7H2,1H3. The zero-order chi connectivity index (χ0) is 5.82. The molecular formula is C8H12. The second-order valence-electron chi connectivity index (χ2n) is 2.16. The molecule has 0 aromatic rings. The van der Waals surface area contributed by atoms with Crippen molar-refractivity contribution in [3.05, 3.63) is 24.3 Å². The quantitative estimate of drug-likeness (QED) is 0.477. The van der Waals surface area contributed by atoms with E-state index in [4.69, 9.17) is 0 Å². The fraction of sp³-hybridized carbons (Fsp3) is 0.500. The Balaban J connectivity index is 2.19. The molecule has 8 heavy (non-hydrogen) atoms. The lowest BCUT2D eigenvalue weighted by molar-refractivity contribution is 0.756. The topological polar surface area (TPSA) is 0 Å². The molecule has 0 aromatic carbocycles. The summed E-state index contributed by atoms with van der Waals surface area (Å²) < 4.78 is 0. The first-order valence-electron chi connectivity index (χ1n) is 3.27. The van der Waals surface area contributed by atoms with Gasteiger partial charge >= 0.3 is 0 Å². The van der Waals surface area contributed by atoms with Crippen molar-refractivity contribution in [1.82, 2.24) is 0 Å². The van der Waals surface area contributed by atoms with Crippen molar-refractivity contribution < 1.29 is 0 Å². The minimum absolute atomic E-state index is 0.773. The van der Waals surface area contributed by atoms with E-state index < -0.39 is 0 Å². The van der Waals surface area contributed by atoms with E-state index in [1.54, 1.807) is 0 Å². The normalized spacial score (nSPS) is 26.4. The van der Waals surface area contributed by atoms with Gasteiger partial charge < -0.3 is 0 Å². The van der Waals surface area contributed by atoms with E-state index in [0.29, 0.717) is 0 Å². The lowest BCUT2D eigenvalue weighted by Crippen LogP contribution is -1.96. The van der Waals surface area contributed by atoms with Crippen LogP contribution in [0.2, 0.25) is 0 Å². The average Bonchev–Trinajstić information content (AvgIpc) is 1.63. The molecule has 0 nitrogen and oxygen atoms in total. The van der Waals surface area contributed by atoms with Crippen molar-refractivity contribution in [3.63, 3.8) is 0 Å². The molecule has 0 heterocycles.